The molecule has 0 amide bonds. The van der Waals surface area contributed by atoms with Crippen LogP contribution in [0, 0.1) is 0 Å². The maximum atomic E-state index is 6.12. The number of nitrogens with two attached hydrogens (primary N) is 1. The van der Waals surface area contributed by atoms with E-state index in [-0.39, 0.29) is 0 Å². The van der Waals surface area contributed by atoms with Gasteiger partial charge < -0.3 is 25.4 Å². The topological polar surface area (TPSA) is 89.9 Å². The molecular formula is C24H26N6O2. The molecule has 0 unspecified atom stereocenters. The molecule has 1 aliphatic heterocycles. The van der Waals surface area contributed by atoms with E-state index in [1.807, 2.05) is 59.1 Å². The normalized spacial score (nSPS) is 14.1. The molecule has 2 aromatic carbocycles. The van der Waals surface area contributed by atoms with E-state index in [2.05, 4.69) is 22.3 Å². The Labute approximate surface area is 186 Å². The van der Waals surface area contributed by atoms with Crippen molar-refractivity contribution in [1.82, 2.24) is 14.6 Å². The Bertz CT molecular complexity index is 1190. The number of benzene rings is 2. The zero-order valence-electron chi connectivity index (χ0n) is 17.8. The standard InChI is InChI=1S/C24H26N6O2/c25-20-8-4-5-9-21(20)26-22-15-24(29-10-12-31-13-11-29)30-23(27-22)14-19(28-30)17-32-16-18-6-2-1-3-7-18/h1-9,14-15H,10-13,16-17,25H2,(H,26,27). The molecule has 0 atom stereocenters. The summed E-state index contributed by atoms with van der Waals surface area (Å²) in [6, 6.07) is 21.8. The Hall–Kier alpha value is -3.62. The summed E-state index contributed by atoms with van der Waals surface area (Å²) in [5.74, 6) is 1.68. The number of hydrogen-bond donors (Lipinski definition) is 2. The van der Waals surface area contributed by atoms with Gasteiger partial charge in [0.25, 0.3) is 0 Å². The highest BCUT2D eigenvalue weighted by Gasteiger charge is 2.18. The van der Waals surface area contributed by atoms with Gasteiger partial charge in [-0.2, -0.15) is 9.61 Å². The number of ether oxygens (including phenoxy) is 2. The van der Waals surface area contributed by atoms with Crippen LogP contribution in [0.2, 0.25) is 0 Å². The van der Waals surface area contributed by atoms with E-state index in [1.165, 1.54) is 0 Å². The zero-order valence-corrected chi connectivity index (χ0v) is 17.8. The molecule has 1 saturated heterocycles. The second-order valence-corrected chi connectivity index (χ2v) is 7.70. The first kappa shape index (κ1) is 20.3. The molecular weight excluding hydrogens is 404 g/mol. The second-order valence-electron chi connectivity index (χ2n) is 7.70. The van der Waals surface area contributed by atoms with Crippen molar-refractivity contribution in [1.29, 1.82) is 0 Å². The number of hydrogen-bond acceptors (Lipinski definition) is 7. The third kappa shape index (κ3) is 4.51. The number of anilines is 4. The van der Waals surface area contributed by atoms with Crippen molar-refractivity contribution in [2.24, 2.45) is 0 Å². The Morgan fingerprint density at radius 2 is 1.75 bits per heavy atom. The lowest BCUT2D eigenvalue weighted by atomic mass is 10.2. The Balaban J connectivity index is 1.43. The second kappa shape index (κ2) is 9.25. The molecule has 32 heavy (non-hydrogen) atoms. The van der Waals surface area contributed by atoms with E-state index in [9.17, 15) is 0 Å². The lowest BCUT2D eigenvalue weighted by molar-refractivity contribution is 0.104. The van der Waals surface area contributed by atoms with Crippen LogP contribution in [0.1, 0.15) is 11.3 Å². The minimum atomic E-state index is 0.412. The highest BCUT2D eigenvalue weighted by atomic mass is 16.5. The van der Waals surface area contributed by atoms with Crippen molar-refractivity contribution in [3.63, 3.8) is 0 Å². The largest absolute Gasteiger partial charge is 0.397 e. The van der Waals surface area contributed by atoms with Gasteiger partial charge in [0.2, 0.25) is 0 Å². The summed E-state index contributed by atoms with van der Waals surface area (Å²) in [6.45, 7) is 3.92. The number of rotatable bonds is 7. The molecule has 0 spiro atoms. The van der Waals surface area contributed by atoms with Crippen LogP contribution in [-0.4, -0.2) is 40.9 Å². The van der Waals surface area contributed by atoms with Gasteiger partial charge >= 0.3 is 0 Å². The van der Waals surface area contributed by atoms with Crippen molar-refractivity contribution < 1.29 is 9.47 Å². The number of para-hydroxylation sites is 2. The summed E-state index contributed by atoms with van der Waals surface area (Å²) in [7, 11) is 0. The van der Waals surface area contributed by atoms with E-state index in [1.54, 1.807) is 0 Å². The molecule has 2 aromatic heterocycles. The number of nitrogen functional groups attached to an aromatic ring is 1. The van der Waals surface area contributed by atoms with E-state index in [0.717, 1.165) is 41.5 Å². The highest BCUT2D eigenvalue weighted by Crippen LogP contribution is 2.26. The van der Waals surface area contributed by atoms with Crippen LogP contribution in [0.25, 0.3) is 5.65 Å². The van der Waals surface area contributed by atoms with Crippen molar-refractivity contribution in [2.45, 2.75) is 13.2 Å². The molecule has 5 rings (SSSR count). The maximum absolute atomic E-state index is 6.12. The van der Waals surface area contributed by atoms with Crippen LogP contribution in [0.4, 0.5) is 23.0 Å². The number of aromatic nitrogens is 3. The molecule has 164 valence electrons. The Morgan fingerprint density at radius 1 is 0.969 bits per heavy atom. The molecule has 3 N–H and O–H groups in total. The summed E-state index contributed by atoms with van der Waals surface area (Å²) < 4.78 is 13.3. The predicted octanol–water partition coefficient (Wildman–Crippen LogP) is 3.61. The van der Waals surface area contributed by atoms with E-state index in [0.29, 0.717) is 37.9 Å². The van der Waals surface area contributed by atoms with Crippen LogP contribution in [-0.2, 0) is 22.7 Å². The fraction of sp³-hybridized carbons (Fsp3) is 0.250. The van der Waals surface area contributed by atoms with Crippen molar-refractivity contribution in [2.75, 3.05) is 42.3 Å². The van der Waals surface area contributed by atoms with Crippen LogP contribution in [0.15, 0.2) is 66.7 Å². The average Bonchev–Trinajstić information content (AvgIpc) is 3.24. The maximum Gasteiger partial charge on any atom is 0.160 e. The van der Waals surface area contributed by atoms with Gasteiger partial charge in [0.1, 0.15) is 11.6 Å². The number of morpholine rings is 1. The monoisotopic (exact) mass is 430 g/mol. The van der Waals surface area contributed by atoms with E-state index < -0.39 is 0 Å². The third-order valence-electron chi connectivity index (χ3n) is 5.38. The first-order valence-corrected chi connectivity index (χ1v) is 10.7. The van der Waals surface area contributed by atoms with Crippen LogP contribution >= 0.6 is 0 Å². The molecule has 3 heterocycles. The smallest absolute Gasteiger partial charge is 0.160 e. The van der Waals surface area contributed by atoms with Crippen LogP contribution < -0.4 is 16.0 Å². The van der Waals surface area contributed by atoms with Gasteiger partial charge in [0.15, 0.2) is 5.65 Å². The lowest BCUT2D eigenvalue weighted by Crippen LogP contribution is -2.37. The number of fused-ring (bicyclic) bond motifs is 1. The zero-order chi connectivity index (χ0) is 21.8. The molecule has 8 nitrogen and oxygen atoms in total. The predicted molar refractivity (Wildman–Crippen MR) is 125 cm³/mol. The van der Waals surface area contributed by atoms with Gasteiger partial charge in [0, 0.05) is 25.2 Å². The van der Waals surface area contributed by atoms with Gasteiger partial charge in [-0.25, -0.2) is 4.98 Å². The molecule has 8 heteroatoms. The summed E-state index contributed by atoms with van der Waals surface area (Å²) in [5.41, 5.74) is 10.3. The lowest BCUT2D eigenvalue weighted by Gasteiger charge is -2.29. The average molecular weight is 431 g/mol. The summed E-state index contributed by atoms with van der Waals surface area (Å²) in [5, 5.41) is 8.13. The first-order chi connectivity index (χ1) is 15.8. The van der Waals surface area contributed by atoms with Gasteiger partial charge in [-0.05, 0) is 17.7 Å². The van der Waals surface area contributed by atoms with Gasteiger partial charge in [-0.3, -0.25) is 0 Å². The van der Waals surface area contributed by atoms with Crippen molar-refractivity contribution in [3.05, 3.63) is 78.0 Å². The van der Waals surface area contributed by atoms with Crippen LogP contribution in [0.5, 0.6) is 0 Å². The van der Waals surface area contributed by atoms with Crippen molar-refractivity contribution in [3.8, 4) is 0 Å². The molecule has 0 aliphatic carbocycles. The van der Waals surface area contributed by atoms with Gasteiger partial charge in [-0.1, -0.05) is 42.5 Å². The first-order valence-electron chi connectivity index (χ1n) is 10.7. The minimum Gasteiger partial charge on any atom is -0.397 e. The fourth-order valence-corrected chi connectivity index (χ4v) is 3.75. The fourth-order valence-electron chi connectivity index (χ4n) is 3.75. The molecule has 4 aromatic rings. The highest BCUT2D eigenvalue weighted by molar-refractivity contribution is 5.73. The quantitative estimate of drug-likeness (QED) is 0.433. The summed E-state index contributed by atoms with van der Waals surface area (Å²) >= 11 is 0. The molecule has 0 bridgehead atoms. The number of nitrogens with zero attached hydrogens (tertiary/aromatic N) is 4. The Kier molecular flexibility index (Phi) is 5.87. The van der Waals surface area contributed by atoms with E-state index in [4.69, 9.17) is 25.3 Å². The van der Waals surface area contributed by atoms with Gasteiger partial charge in [-0.15, -0.1) is 0 Å². The molecule has 1 aliphatic rings. The van der Waals surface area contributed by atoms with Gasteiger partial charge in [0.05, 0.1) is 43.5 Å². The minimum absolute atomic E-state index is 0.412. The summed E-state index contributed by atoms with van der Waals surface area (Å²) in [4.78, 5) is 7.04. The Morgan fingerprint density at radius 3 is 2.56 bits per heavy atom. The molecule has 0 radical (unpaired) electrons. The molecule has 1 fully saturated rings. The summed E-state index contributed by atoms with van der Waals surface area (Å²) in [6.07, 6.45) is 0. The van der Waals surface area contributed by atoms with Crippen molar-refractivity contribution >= 4 is 28.7 Å². The SMILES string of the molecule is Nc1ccccc1Nc1cc(N2CCOCC2)n2nc(COCc3ccccc3)cc2n1. The number of nitrogens with one attached hydrogen (secondary N) is 1. The molecule has 0 saturated carbocycles. The third-order valence-corrected chi connectivity index (χ3v) is 5.38. The van der Waals surface area contributed by atoms with E-state index >= 15 is 0 Å². The van der Waals surface area contributed by atoms with Crippen LogP contribution in [0.3, 0.4) is 0 Å².